The Hall–Kier alpha value is -2.61. The summed E-state index contributed by atoms with van der Waals surface area (Å²) >= 11 is 0. The molecule has 186 valence electrons. The highest BCUT2D eigenvalue weighted by molar-refractivity contribution is 7.91. The lowest BCUT2D eigenvalue weighted by atomic mass is 9.65. The fourth-order valence-electron chi connectivity index (χ4n) is 5.13. The van der Waals surface area contributed by atoms with Gasteiger partial charge in [-0.25, -0.2) is 13.2 Å². The number of piperidine rings is 2. The van der Waals surface area contributed by atoms with Gasteiger partial charge in [0.15, 0.2) is 9.84 Å². The molecule has 0 unspecified atom stereocenters. The van der Waals surface area contributed by atoms with E-state index in [1.807, 2.05) is 11.8 Å². The molecule has 1 N–H and O–H groups in total. The van der Waals surface area contributed by atoms with Crippen molar-refractivity contribution in [2.75, 3.05) is 12.3 Å². The summed E-state index contributed by atoms with van der Waals surface area (Å²) in [5.74, 6) is 0.144. The summed E-state index contributed by atoms with van der Waals surface area (Å²) in [7, 11) is -3.37. The quantitative estimate of drug-likeness (QED) is 0.488. The van der Waals surface area contributed by atoms with Crippen LogP contribution in [-0.2, 0) is 19.4 Å². The number of nitrogens with zero attached hydrogens (tertiary/aromatic N) is 1. The zero-order chi connectivity index (χ0) is 25.1. The van der Waals surface area contributed by atoms with Gasteiger partial charge in [-0.2, -0.15) is 0 Å². The summed E-state index contributed by atoms with van der Waals surface area (Å²) in [4.78, 5) is 28.2. The van der Waals surface area contributed by atoms with Crippen LogP contribution in [0.5, 0.6) is 0 Å². The molecule has 2 aliphatic heterocycles. The molecule has 1 aromatic carbocycles. The predicted molar refractivity (Wildman–Crippen MR) is 132 cm³/mol. The first kappa shape index (κ1) is 26.0. The Bertz CT molecular complexity index is 1040. The van der Waals surface area contributed by atoms with Crippen LogP contribution in [0, 0.1) is 5.92 Å². The number of amides is 2. The van der Waals surface area contributed by atoms with Crippen molar-refractivity contribution in [2.45, 2.75) is 75.0 Å². The number of hydrogen-bond donors (Lipinski definition) is 1. The van der Waals surface area contributed by atoms with Crippen LogP contribution in [0.25, 0.3) is 0 Å². The third-order valence-electron chi connectivity index (χ3n) is 7.01. The van der Waals surface area contributed by atoms with Gasteiger partial charge in [0.2, 0.25) is 5.91 Å². The van der Waals surface area contributed by atoms with Crippen LogP contribution in [0.15, 0.2) is 54.5 Å². The Morgan fingerprint density at radius 1 is 1.26 bits per heavy atom. The molecule has 0 radical (unpaired) electrons. The molecular weight excluding hydrogens is 452 g/mol. The van der Waals surface area contributed by atoms with Crippen LogP contribution in [0.1, 0.15) is 64.5 Å². The average Bonchev–Trinajstić information content (AvgIpc) is 2.80. The summed E-state index contributed by atoms with van der Waals surface area (Å²) < 4.78 is 30.6. The van der Waals surface area contributed by atoms with Gasteiger partial charge in [-0.05, 0) is 69.7 Å². The molecule has 3 aliphatic rings. The zero-order valence-corrected chi connectivity index (χ0v) is 21.2. The average molecular weight is 489 g/mol. The molecule has 2 amide bonds. The lowest BCUT2D eigenvalue weighted by molar-refractivity contribution is -0.158. The topological polar surface area (TPSA) is 92.8 Å². The molecule has 1 aromatic rings. The molecule has 1 saturated carbocycles. The van der Waals surface area contributed by atoms with Crippen LogP contribution in [0.4, 0.5) is 4.79 Å². The van der Waals surface area contributed by atoms with Gasteiger partial charge in [0.05, 0.1) is 22.2 Å². The first-order chi connectivity index (χ1) is 16.0. The maximum absolute atomic E-state index is 13.2. The third kappa shape index (κ3) is 5.06. The number of sulfone groups is 1. The number of nitrogens with one attached hydrogen (secondary N) is 1. The molecule has 2 heterocycles. The van der Waals surface area contributed by atoms with E-state index in [2.05, 4.69) is 18.5 Å². The van der Waals surface area contributed by atoms with Crippen LogP contribution in [-0.4, -0.2) is 48.8 Å². The number of carbonyl (C=O) groups excluding carboxylic acids is 2. The fourth-order valence-corrected chi connectivity index (χ4v) is 6.45. The fraction of sp³-hybridized carbons (Fsp3) is 0.538. The second kappa shape index (κ2) is 9.94. The van der Waals surface area contributed by atoms with E-state index in [9.17, 15) is 18.0 Å². The van der Waals surface area contributed by atoms with Crippen molar-refractivity contribution in [2.24, 2.45) is 5.92 Å². The van der Waals surface area contributed by atoms with Gasteiger partial charge in [0.1, 0.15) is 5.60 Å². The third-order valence-corrected chi connectivity index (χ3v) is 8.94. The summed E-state index contributed by atoms with van der Waals surface area (Å²) in [6.07, 6.45) is 6.12. The minimum absolute atomic E-state index is 0.00399. The maximum atomic E-state index is 13.2. The molecule has 0 aromatic heterocycles. The molecule has 3 fully saturated rings. The van der Waals surface area contributed by atoms with E-state index in [0.717, 1.165) is 31.2 Å². The van der Waals surface area contributed by atoms with Crippen LogP contribution >= 0.6 is 0 Å². The van der Waals surface area contributed by atoms with Crippen LogP contribution in [0.3, 0.4) is 0 Å². The Kier molecular flexibility index (Phi) is 7.60. The highest BCUT2D eigenvalue weighted by Gasteiger charge is 2.55. The van der Waals surface area contributed by atoms with Crippen LogP contribution < -0.4 is 5.32 Å². The van der Waals surface area contributed by atoms with Crippen molar-refractivity contribution in [3.8, 4) is 0 Å². The molecule has 0 spiro atoms. The highest BCUT2D eigenvalue weighted by atomic mass is 32.2. The van der Waals surface area contributed by atoms with E-state index in [4.69, 9.17) is 4.74 Å². The Morgan fingerprint density at radius 3 is 2.41 bits per heavy atom. The molecule has 2 bridgehead atoms. The molecule has 2 saturated heterocycles. The Balaban J connectivity index is 2.04. The van der Waals surface area contributed by atoms with E-state index in [0.29, 0.717) is 13.0 Å². The van der Waals surface area contributed by atoms with Crippen molar-refractivity contribution in [1.29, 1.82) is 0 Å². The molecular formula is C26H36N2O5S. The van der Waals surface area contributed by atoms with Gasteiger partial charge in [-0.3, -0.25) is 4.79 Å². The van der Waals surface area contributed by atoms with Gasteiger partial charge >= 0.3 is 6.09 Å². The normalized spacial score (nSPS) is 23.3. The number of benzene rings is 1. The monoisotopic (exact) mass is 488 g/mol. The number of hydrogen-bond acceptors (Lipinski definition) is 5. The SMILES string of the molecule is C=CCN1C(=O)C2CCC1([C@H](NC(=O)OC(C)(C)C=C)c1ccc(S(=O)(=O)CCC)cc1)CC2. The van der Waals surface area contributed by atoms with E-state index >= 15 is 0 Å². The first-order valence-corrected chi connectivity index (χ1v) is 13.5. The Labute approximate surface area is 203 Å². The van der Waals surface area contributed by atoms with Crippen molar-refractivity contribution in [3.05, 3.63) is 55.1 Å². The van der Waals surface area contributed by atoms with Gasteiger partial charge in [0, 0.05) is 12.5 Å². The summed E-state index contributed by atoms with van der Waals surface area (Å²) in [5.41, 5.74) is -0.794. The molecule has 1 atom stereocenters. The second-order valence-corrected chi connectivity index (χ2v) is 11.9. The summed E-state index contributed by atoms with van der Waals surface area (Å²) in [6.45, 7) is 13.2. The minimum Gasteiger partial charge on any atom is -0.439 e. The molecule has 7 nitrogen and oxygen atoms in total. The van der Waals surface area contributed by atoms with Crippen molar-refractivity contribution in [1.82, 2.24) is 10.2 Å². The number of carbonyl (C=O) groups is 2. The van der Waals surface area contributed by atoms with E-state index in [-0.39, 0.29) is 22.5 Å². The molecule has 4 rings (SSSR count). The number of alkyl carbamates (subject to hydrolysis) is 1. The largest absolute Gasteiger partial charge is 0.439 e. The lowest BCUT2D eigenvalue weighted by Crippen LogP contribution is -2.66. The zero-order valence-electron chi connectivity index (χ0n) is 20.4. The maximum Gasteiger partial charge on any atom is 0.408 e. The second-order valence-electron chi connectivity index (χ2n) is 9.78. The van der Waals surface area contributed by atoms with Crippen LogP contribution in [0.2, 0.25) is 0 Å². The van der Waals surface area contributed by atoms with E-state index in [1.165, 1.54) is 0 Å². The van der Waals surface area contributed by atoms with Gasteiger partial charge in [0.25, 0.3) is 0 Å². The minimum atomic E-state index is -3.37. The summed E-state index contributed by atoms with van der Waals surface area (Å²) in [5, 5.41) is 3.02. The number of fused-ring (bicyclic) bond motifs is 3. The number of rotatable bonds is 10. The van der Waals surface area contributed by atoms with Gasteiger partial charge in [-0.15, -0.1) is 6.58 Å². The molecule has 1 aliphatic carbocycles. The highest BCUT2D eigenvalue weighted by Crippen LogP contribution is 2.50. The summed E-state index contributed by atoms with van der Waals surface area (Å²) in [6, 6.07) is 6.06. The van der Waals surface area contributed by atoms with E-state index < -0.39 is 33.1 Å². The van der Waals surface area contributed by atoms with E-state index in [1.54, 1.807) is 50.3 Å². The lowest BCUT2D eigenvalue weighted by Gasteiger charge is -2.57. The van der Waals surface area contributed by atoms with Crippen molar-refractivity contribution >= 4 is 21.8 Å². The predicted octanol–water partition coefficient (Wildman–Crippen LogP) is 4.56. The molecule has 8 heteroatoms. The van der Waals surface area contributed by atoms with Gasteiger partial charge in [-0.1, -0.05) is 31.7 Å². The first-order valence-electron chi connectivity index (χ1n) is 11.9. The van der Waals surface area contributed by atoms with Crippen molar-refractivity contribution < 1.29 is 22.7 Å². The van der Waals surface area contributed by atoms with Gasteiger partial charge < -0.3 is 15.0 Å². The smallest absolute Gasteiger partial charge is 0.408 e. The molecule has 34 heavy (non-hydrogen) atoms. The number of ether oxygens (including phenoxy) is 1. The Morgan fingerprint density at radius 2 is 1.88 bits per heavy atom. The standard InChI is InChI=1S/C26H36N2O5S/c1-6-17-28-23(29)20-13-15-26(28,16-14-20)22(27-24(30)33-25(4,5)8-3)19-9-11-21(12-10-19)34(31,32)18-7-2/h6,8-12,20,22H,1,3,7,13-18H2,2,4-5H3,(H,27,30)/t20?,22-,26?/m1/s1. The van der Waals surface area contributed by atoms with Crippen molar-refractivity contribution in [3.63, 3.8) is 0 Å².